The highest BCUT2D eigenvalue weighted by molar-refractivity contribution is 5.92. The van der Waals surface area contributed by atoms with Crippen LogP contribution in [-0.2, 0) is 0 Å². The maximum atomic E-state index is 14.6. The average Bonchev–Trinajstić information content (AvgIpc) is 3.46. The van der Waals surface area contributed by atoms with E-state index in [0.29, 0.717) is 30.6 Å². The summed E-state index contributed by atoms with van der Waals surface area (Å²) in [5.41, 5.74) is 5.26. The number of aromatic carboxylic acids is 1. The van der Waals surface area contributed by atoms with E-state index < -0.39 is 17.2 Å². The van der Waals surface area contributed by atoms with Crippen molar-refractivity contribution in [2.24, 2.45) is 17.6 Å². The molecule has 7 nitrogen and oxygen atoms in total. The number of aromatic nitrogens is 2. The number of hydrogen-bond acceptors (Lipinski definition) is 5. The van der Waals surface area contributed by atoms with Crippen LogP contribution in [0.15, 0.2) is 17.1 Å². The third-order valence-corrected chi connectivity index (χ3v) is 5.67. The molecular formula is C17H17FN4O3. The Morgan fingerprint density at radius 1 is 1.32 bits per heavy atom. The van der Waals surface area contributed by atoms with Crippen molar-refractivity contribution in [3.05, 3.63) is 33.9 Å². The summed E-state index contributed by atoms with van der Waals surface area (Å²) >= 11 is 0. The Balaban J connectivity index is 1.68. The van der Waals surface area contributed by atoms with Gasteiger partial charge in [0.05, 0.1) is 5.39 Å². The third kappa shape index (κ3) is 2.10. The van der Waals surface area contributed by atoms with Gasteiger partial charge in [-0.3, -0.25) is 4.79 Å². The van der Waals surface area contributed by atoms with E-state index in [1.165, 1.54) is 6.20 Å². The van der Waals surface area contributed by atoms with E-state index in [4.69, 9.17) is 5.73 Å². The molecule has 0 aromatic carbocycles. The van der Waals surface area contributed by atoms with Gasteiger partial charge in [0.15, 0.2) is 11.6 Å². The summed E-state index contributed by atoms with van der Waals surface area (Å²) in [4.78, 5) is 30.1. The van der Waals surface area contributed by atoms with E-state index in [1.54, 1.807) is 4.57 Å². The van der Waals surface area contributed by atoms with Gasteiger partial charge in [0.1, 0.15) is 11.2 Å². The molecule has 0 radical (unpaired) electrons. The zero-order valence-corrected chi connectivity index (χ0v) is 13.4. The van der Waals surface area contributed by atoms with Gasteiger partial charge >= 0.3 is 5.97 Å². The van der Waals surface area contributed by atoms with E-state index in [1.807, 2.05) is 4.90 Å². The largest absolute Gasteiger partial charge is 0.477 e. The topological polar surface area (TPSA) is 101 Å². The molecule has 0 bridgehead atoms. The molecule has 3 aliphatic rings. The summed E-state index contributed by atoms with van der Waals surface area (Å²) in [6, 6.07) is 1.45. The van der Waals surface area contributed by atoms with E-state index >= 15 is 0 Å². The number of piperidine rings is 1. The number of halogens is 1. The maximum absolute atomic E-state index is 14.6. The van der Waals surface area contributed by atoms with Gasteiger partial charge in [0.2, 0.25) is 5.43 Å². The molecule has 1 saturated heterocycles. The number of nitrogens with zero attached hydrogens (tertiary/aromatic N) is 3. The van der Waals surface area contributed by atoms with Gasteiger partial charge < -0.3 is 20.3 Å². The normalized spacial score (nSPS) is 27.6. The number of hydrogen-bond donors (Lipinski definition) is 2. The van der Waals surface area contributed by atoms with E-state index in [0.717, 1.165) is 18.9 Å². The van der Waals surface area contributed by atoms with Crippen LogP contribution in [0.5, 0.6) is 0 Å². The molecule has 2 saturated carbocycles. The first-order valence-corrected chi connectivity index (χ1v) is 8.45. The second kappa shape index (κ2) is 4.78. The summed E-state index contributed by atoms with van der Waals surface area (Å²) in [6.45, 7) is 1.34. The number of rotatable bonds is 3. The molecule has 0 amide bonds. The van der Waals surface area contributed by atoms with E-state index in [9.17, 15) is 19.1 Å². The number of carboxylic acid groups (broad SMARTS) is 1. The number of fused-ring (bicyclic) bond motifs is 2. The molecule has 3 heterocycles. The van der Waals surface area contributed by atoms with Crippen molar-refractivity contribution in [1.82, 2.24) is 9.55 Å². The van der Waals surface area contributed by atoms with Crippen molar-refractivity contribution in [3.63, 3.8) is 0 Å². The summed E-state index contributed by atoms with van der Waals surface area (Å²) in [7, 11) is 0. The highest BCUT2D eigenvalue weighted by atomic mass is 19.1. The van der Waals surface area contributed by atoms with Crippen LogP contribution in [0.25, 0.3) is 11.0 Å². The molecular weight excluding hydrogens is 327 g/mol. The van der Waals surface area contributed by atoms with E-state index in [-0.39, 0.29) is 28.9 Å². The second-order valence-corrected chi connectivity index (χ2v) is 7.29. The fraction of sp³-hybridized carbons (Fsp3) is 0.471. The molecule has 2 aromatic heterocycles. The average molecular weight is 344 g/mol. The third-order valence-electron chi connectivity index (χ3n) is 5.67. The molecule has 130 valence electrons. The van der Waals surface area contributed by atoms with Crippen molar-refractivity contribution in [3.8, 4) is 0 Å². The highest BCUT2D eigenvalue weighted by Crippen LogP contribution is 2.45. The maximum Gasteiger partial charge on any atom is 0.341 e. The number of anilines is 1. The summed E-state index contributed by atoms with van der Waals surface area (Å²) < 4.78 is 16.4. The van der Waals surface area contributed by atoms with Crippen LogP contribution >= 0.6 is 0 Å². The minimum atomic E-state index is -1.31. The fourth-order valence-corrected chi connectivity index (χ4v) is 3.99. The van der Waals surface area contributed by atoms with Crippen LogP contribution in [0.1, 0.15) is 29.2 Å². The Morgan fingerprint density at radius 2 is 2.00 bits per heavy atom. The standard InChI is InChI=1S/C17H17FN4O3/c18-12-3-8-14(23)11(17(24)25)6-22(7-1-2-7)15(8)20-16(12)21-4-9-10(5-21)13(9)19/h3,6-7,9-10,13H,1-2,4-5,19H2,(H,24,25)/t9-,10+,13-. The molecule has 25 heavy (non-hydrogen) atoms. The molecule has 2 aromatic rings. The van der Waals surface area contributed by atoms with Gasteiger partial charge in [-0.15, -0.1) is 0 Å². The van der Waals surface area contributed by atoms with Crippen LogP contribution in [0.2, 0.25) is 0 Å². The van der Waals surface area contributed by atoms with Crippen molar-refractivity contribution in [1.29, 1.82) is 0 Å². The lowest BCUT2D eigenvalue weighted by molar-refractivity contribution is 0.0695. The molecule has 5 rings (SSSR count). The lowest BCUT2D eigenvalue weighted by Gasteiger charge is -2.22. The Kier molecular flexibility index (Phi) is 2.84. The zero-order chi connectivity index (χ0) is 17.5. The molecule has 3 fully saturated rings. The van der Waals surface area contributed by atoms with E-state index in [2.05, 4.69) is 4.98 Å². The molecule has 0 spiro atoms. The monoisotopic (exact) mass is 344 g/mol. The van der Waals surface area contributed by atoms with Gasteiger partial charge in [-0.25, -0.2) is 14.2 Å². The van der Waals surface area contributed by atoms with Crippen LogP contribution < -0.4 is 16.1 Å². The Labute approximate surface area is 141 Å². The van der Waals surface area contributed by atoms with Gasteiger partial charge in [-0.2, -0.15) is 0 Å². The molecule has 3 N–H and O–H groups in total. The van der Waals surface area contributed by atoms with Crippen molar-refractivity contribution < 1.29 is 14.3 Å². The van der Waals surface area contributed by atoms with Crippen LogP contribution in [0.3, 0.4) is 0 Å². The number of pyridine rings is 2. The fourth-order valence-electron chi connectivity index (χ4n) is 3.99. The van der Waals surface area contributed by atoms with Crippen LogP contribution in [0, 0.1) is 17.7 Å². The molecule has 8 heteroatoms. The predicted octanol–water partition coefficient (Wildman–Crippen LogP) is 0.962. The van der Waals surface area contributed by atoms with Gasteiger partial charge in [0.25, 0.3) is 0 Å². The molecule has 1 aliphatic heterocycles. The Bertz CT molecular complexity index is 972. The SMILES string of the molecule is N[C@H]1[C@H]2CN(c3nc4c(cc3F)c(=O)c(C(=O)O)cn4C3CC3)C[C@@H]12. The lowest BCUT2D eigenvalue weighted by Crippen LogP contribution is -2.30. The highest BCUT2D eigenvalue weighted by Gasteiger charge is 2.54. The lowest BCUT2D eigenvalue weighted by atomic mass is 10.2. The first-order valence-electron chi connectivity index (χ1n) is 8.45. The Hall–Kier alpha value is -2.48. The minimum Gasteiger partial charge on any atom is -0.477 e. The summed E-state index contributed by atoms with van der Waals surface area (Å²) in [5, 5.41) is 9.28. The zero-order valence-electron chi connectivity index (χ0n) is 13.4. The Morgan fingerprint density at radius 3 is 2.60 bits per heavy atom. The summed E-state index contributed by atoms with van der Waals surface area (Å²) in [6.07, 6.45) is 3.14. The first-order chi connectivity index (χ1) is 12.0. The number of carbonyl (C=O) groups is 1. The van der Waals surface area contributed by atoms with Gasteiger partial charge in [-0.1, -0.05) is 0 Å². The smallest absolute Gasteiger partial charge is 0.341 e. The number of nitrogens with two attached hydrogens (primary N) is 1. The van der Waals surface area contributed by atoms with Crippen LogP contribution in [0.4, 0.5) is 10.2 Å². The second-order valence-electron chi connectivity index (χ2n) is 7.29. The number of carboxylic acids is 1. The van der Waals surface area contributed by atoms with Crippen molar-refractivity contribution >= 4 is 22.8 Å². The molecule has 0 unspecified atom stereocenters. The summed E-state index contributed by atoms with van der Waals surface area (Å²) in [5.74, 6) is -0.902. The van der Waals surface area contributed by atoms with Gasteiger partial charge in [0, 0.05) is 31.4 Å². The molecule has 2 aliphatic carbocycles. The van der Waals surface area contributed by atoms with Crippen LogP contribution in [-0.4, -0.2) is 39.8 Å². The van der Waals surface area contributed by atoms with Gasteiger partial charge in [-0.05, 0) is 30.7 Å². The predicted molar refractivity (Wildman–Crippen MR) is 88.4 cm³/mol. The first kappa shape index (κ1) is 14.8. The molecule has 3 atom stereocenters. The van der Waals surface area contributed by atoms with Crippen molar-refractivity contribution in [2.45, 2.75) is 24.9 Å². The minimum absolute atomic E-state index is 0.0223. The van der Waals surface area contributed by atoms with Crippen molar-refractivity contribution in [2.75, 3.05) is 18.0 Å². The quantitative estimate of drug-likeness (QED) is 0.860.